The van der Waals surface area contributed by atoms with Crippen LogP contribution in [-0.4, -0.2) is 6.04 Å². The summed E-state index contributed by atoms with van der Waals surface area (Å²) in [6.07, 6.45) is 3.07. The molecule has 1 aliphatic carbocycles. The van der Waals surface area contributed by atoms with Crippen molar-refractivity contribution in [1.29, 1.82) is 0 Å². The fourth-order valence-electron chi connectivity index (χ4n) is 3.73. The Bertz CT molecular complexity index is 766. The number of fused-ring (bicyclic) bond motifs is 1. The molecule has 0 spiro atoms. The number of hydrogen-bond acceptors (Lipinski definition) is 1. The van der Waals surface area contributed by atoms with Crippen LogP contribution in [0.5, 0.6) is 0 Å². The van der Waals surface area contributed by atoms with Gasteiger partial charge in [0.2, 0.25) is 0 Å². The zero-order valence-corrected chi connectivity index (χ0v) is 14.7. The van der Waals surface area contributed by atoms with Crippen LogP contribution in [0.25, 0.3) is 5.57 Å². The minimum absolute atomic E-state index is 0.212. The van der Waals surface area contributed by atoms with Gasteiger partial charge in [-0.05, 0) is 85.9 Å². The van der Waals surface area contributed by atoms with Crippen LogP contribution in [0, 0.1) is 13.8 Å². The minimum atomic E-state index is 0.212. The van der Waals surface area contributed by atoms with E-state index in [-0.39, 0.29) is 6.04 Å². The molecule has 3 rings (SSSR count). The van der Waals surface area contributed by atoms with Gasteiger partial charge in [-0.15, -0.1) is 0 Å². The van der Waals surface area contributed by atoms with Crippen LogP contribution >= 0.6 is 0 Å². The lowest BCUT2D eigenvalue weighted by atomic mass is 9.80. The first-order valence-electron chi connectivity index (χ1n) is 8.57. The fraction of sp³-hybridized carbons (Fsp3) is 0.364. The van der Waals surface area contributed by atoms with E-state index >= 15 is 0 Å². The molecule has 0 amide bonds. The van der Waals surface area contributed by atoms with Crippen molar-refractivity contribution < 1.29 is 0 Å². The Morgan fingerprint density at radius 1 is 0.957 bits per heavy atom. The Morgan fingerprint density at radius 2 is 1.65 bits per heavy atom. The van der Waals surface area contributed by atoms with Crippen molar-refractivity contribution >= 4 is 5.57 Å². The first kappa shape index (κ1) is 16.0. The molecule has 1 unspecified atom stereocenters. The van der Waals surface area contributed by atoms with E-state index in [0.29, 0.717) is 0 Å². The summed E-state index contributed by atoms with van der Waals surface area (Å²) < 4.78 is 0. The summed E-state index contributed by atoms with van der Waals surface area (Å²) in [5, 5.41) is 0. The van der Waals surface area contributed by atoms with Gasteiger partial charge in [0, 0.05) is 6.04 Å². The molecule has 1 aliphatic rings. The molecule has 2 aromatic carbocycles. The molecule has 2 N–H and O–H groups in total. The molecule has 23 heavy (non-hydrogen) atoms. The predicted molar refractivity (Wildman–Crippen MR) is 99.7 cm³/mol. The standard InChI is InChI=1S/C22H27N/c1-14-7-5-6-8-21(14)22-13-20-12-18(11-17(4)23)15(2)9-19(20)10-16(22)3/h5-9,12,17H,10-11,13,23H2,1-4H3. The second-order valence-electron chi connectivity index (χ2n) is 7.16. The van der Waals surface area contributed by atoms with Crippen molar-refractivity contribution in [2.75, 3.05) is 0 Å². The van der Waals surface area contributed by atoms with Gasteiger partial charge in [-0.3, -0.25) is 0 Å². The van der Waals surface area contributed by atoms with Crippen molar-refractivity contribution in [2.45, 2.75) is 53.0 Å². The summed E-state index contributed by atoms with van der Waals surface area (Å²) >= 11 is 0. The summed E-state index contributed by atoms with van der Waals surface area (Å²) in [7, 11) is 0. The number of hydrogen-bond donors (Lipinski definition) is 1. The van der Waals surface area contributed by atoms with Crippen molar-refractivity contribution in [3.8, 4) is 0 Å². The Hall–Kier alpha value is -1.86. The van der Waals surface area contributed by atoms with Crippen LogP contribution in [0.3, 0.4) is 0 Å². The van der Waals surface area contributed by atoms with Crippen molar-refractivity contribution in [3.63, 3.8) is 0 Å². The van der Waals surface area contributed by atoms with E-state index in [4.69, 9.17) is 5.73 Å². The van der Waals surface area contributed by atoms with Crippen LogP contribution < -0.4 is 5.73 Å². The van der Waals surface area contributed by atoms with Crippen LogP contribution in [0.15, 0.2) is 42.0 Å². The smallest absolute Gasteiger partial charge is 0.00510 e. The second kappa shape index (κ2) is 6.33. The van der Waals surface area contributed by atoms with Crippen molar-refractivity contribution in [2.24, 2.45) is 5.73 Å². The summed E-state index contributed by atoms with van der Waals surface area (Å²) in [5.41, 5.74) is 17.6. The molecule has 0 fully saturated rings. The van der Waals surface area contributed by atoms with E-state index in [2.05, 4.69) is 64.1 Å². The number of benzene rings is 2. The number of aryl methyl sites for hydroxylation is 2. The first-order chi connectivity index (χ1) is 11.0. The minimum Gasteiger partial charge on any atom is -0.328 e. The topological polar surface area (TPSA) is 26.0 Å². The normalized spacial score (nSPS) is 15.5. The van der Waals surface area contributed by atoms with Crippen LogP contribution in [0.2, 0.25) is 0 Å². The highest BCUT2D eigenvalue weighted by Crippen LogP contribution is 2.34. The Morgan fingerprint density at radius 3 is 2.35 bits per heavy atom. The maximum absolute atomic E-state index is 6.02. The third-order valence-electron chi connectivity index (χ3n) is 5.01. The van der Waals surface area contributed by atoms with Gasteiger partial charge in [0.15, 0.2) is 0 Å². The summed E-state index contributed by atoms with van der Waals surface area (Å²) in [6.45, 7) is 8.80. The third kappa shape index (κ3) is 3.25. The van der Waals surface area contributed by atoms with Gasteiger partial charge in [0.25, 0.3) is 0 Å². The van der Waals surface area contributed by atoms with Crippen LogP contribution in [0.4, 0.5) is 0 Å². The molecule has 0 radical (unpaired) electrons. The quantitative estimate of drug-likeness (QED) is 0.869. The lowest BCUT2D eigenvalue weighted by Gasteiger charge is -2.25. The van der Waals surface area contributed by atoms with Gasteiger partial charge in [0.1, 0.15) is 0 Å². The van der Waals surface area contributed by atoms with Gasteiger partial charge in [0.05, 0.1) is 0 Å². The number of nitrogens with two attached hydrogens (primary N) is 1. The summed E-state index contributed by atoms with van der Waals surface area (Å²) in [6, 6.07) is 13.7. The fourth-order valence-corrected chi connectivity index (χ4v) is 3.73. The Balaban J connectivity index is 2.01. The van der Waals surface area contributed by atoms with E-state index < -0.39 is 0 Å². The molecule has 120 valence electrons. The van der Waals surface area contributed by atoms with Gasteiger partial charge < -0.3 is 5.73 Å². The molecule has 0 saturated heterocycles. The largest absolute Gasteiger partial charge is 0.328 e. The predicted octanol–water partition coefficient (Wildman–Crippen LogP) is 4.77. The monoisotopic (exact) mass is 305 g/mol. The van der Waals surface area contributed by atoms with Gasteiger partial charge in [-0.2, -0.15) is 0 Å². The SMILES string of the molecule is CC1=C(c2ccccc2C)Cc2cc(CC(C)N)c(C)cc2C1. The first-order valence-corrected chi connectivity index (χ1v) is 8.57. The maximum Gasteiger partial charge on any atom is 0.00510 e. The molecule has 1 heteroatoms. The van der Waals surface area contributed by atoms with E-state index in [0.717, 1.165) is 19.3 Å². The Labute approximate surface area is 140 Å². The Kier molecular flexibility index (Phi) is 4.41. The lowest BCUT2D eigenvalue weighted by molar-refractivity contribution is 0.733. The second-order valence-corrected chi connectivity index (χ2v) is 7.16. The zero-order chi connectivity index (χ0) is 16.6. The molecular weight excluding hydrogens is 278 g/mol. The molecule has 0 aromatic heterocycles. The number of rotatable bonds is 3. The molecule has 1 nitrogen and oxygen atoms in total. The molecule has 0 aliphatic heterocycles. The van der Waals surface area contributed by atoms with Crippen LogP contribution in [-0.2, 0) is 19.3 Å². The van der Waals surface area contributed by atoms with Gasteiger partial charge in [-0.25, -0.2) is 0 Å². The van der Waals surface area contributed by atoms with E-state index in [9.17, 15) is 0 Å². The van der Waals surface area contributed by atoms with Crippen molar-refractivity contribution in [3.05, 3.63) is 75.4 Å². The van der Waals surface area contributed by atoms with Crippen molar-refractivity contribution in [1.82, 2.24) is 0 Å². The summed E-state index contributed by atoms with van der Waals surface area (Å²) in [5.74, 6) is 0. The van der Waals surface area contributed by atoms with E-state index in [1.807, 2.05) is 0 Å². The maximum atomic E-state index is 6.02. The zero-order valence-electron chi connectivity index (χ0n) is 14.7. The molecule has 2 aromatic rings. The molecule has 0 saturated carbocycles. The molecule has 0 heterocycles. The van der Waals surface area contributed by atoms with Gasteiger partial charge in [-0.1, -0.05) is 42.0 Å². The highest BCUT2D eigenvalue weighted by Gasteiger charge is 2.19. The molecule has 0 bridgehead atoms. The highest BCUT2D eigenvalue weighted by atomic mass is 14.6. The third-order valence-corrected chi connectivity index (χ3v) is 5.01. The highest BCUT2D eigenvalue weighted by molar-refractivity contribution is 5.75. The molecular formula is C22H27N. The lowest BCUT2D eigenvalue weighted by Crippen LogP contribution is -2.19. The van der Waals surface area contributed by atoms with Gasteiger partial charge >= 0.3 is 0 Å². The summed E-state index contributed by atoms with van der Waals surface area (Å²) in [4.78, 5) is 0. The van der Waals surface area contributed by atoms with Crippen LogP contribution in [0.1, 0.15) is 47.2 Å². The molecule has 1 atom stereocenters. The number of allylic oxidation sites excluding steroid dienone is 2. The van der Waals surface area contributed by atoms with E-state index in [1.54, 1.807) is 0 Å². The average Bonchev–Trinajstić information content (AvgIpc) is 2.48. The average molecular weight is 305 g/mol. The van der Waals surface area contributed by atoms with E-state index in [1.165, 1.54) is 44.5 Å².